The van der Waals surface area contributed by atoms with E-state index in [1.165, 1.54) is 12.1 Å². The summed E-state index contributed by atoms with van der Waals surface area (Å²) in [4.78, 5) is 10.3. The number of nitro groups is 1. The largest absolute Gasteiger partial charge is 0.493 e. The lowest BCUT2D eigenvalue weighted by molar-refractivity contribution is -0.384. The van der Waals surface area contributed by atoms with Gasteiger partial charge in [-0.1, -0.05) is 15.9 Å². The number of non-ortho nitro benzene ring substituents is 1. The van der Waals surface area contributed by atoms with Gasteiger partial charge in [0.05, 0.1) is 18.6 Å². The average molecular weight is 425 g/mol. The minimum atomic E-state index is -0.426. The fourth-order valence-corrected chi connectivity index (χ4v) is 2.72. The summed E-state index contributed by atoms with van der Waals surface area (Å²) in [7, 11) is 3.25. The normalized spacial score (nSPS) is 10.6. The van der Waals surface area contributed by atoms with Crippen LogP contribution >= 0.6 is 15.9 Å². The third-order valence-corrected chi connectivity index (χ3v) is 4.41. The van der Waals surface area contributed by atoms with Crippen molar-refractivity contribution in [3.05, 3.63) is 62.1 Å². The predicted molar refractivity (Wildman–Crippen MR) is 102 cm³/mol. The second-order valence-electron chi connectivity index (χ2n) is 5.48. The lowest BCUT2D eigenvalue weighted by Crippen LogP contribution is -2.18. The number of hydrogen-bond donors (Lipinski definition) is 1. The summed E-state index contributed by atoms with van der Waals surface area (Å²) in [6, 6.07) is 10.0. The fraction of sp³-hybridized carbons (Fsp3) is 0.333. The maximum Gasteiger partial charge on any atom is 0.269 e. The Morgan fingerprint density at radius 1 is 1.15 bits per heavy atom. The second-order valence-corrected chi connectivity index (χ2v) is 6.33. The maximum atomic E-state index is 10.7. The SMILES string of the molecule is COCCNCc1cc(OC)c(OCc2ccc([N+](=O)[O-])cc2)cc1Br. The van der Waals surface area contributed by atoms with E-state index >= 15 is 0 Å². The average Bonchev–Trinajstić information content (AvgIpc) is 2.65. The molecule has 0 spiro atoms. The molecule has 0 aromatic heterocycles. The molecule has 1 N–H and O–H groups in total. The number of nitrogens with one attached hydrogen (secondary N) is 1. The first kappa shape index (κ1) is 20.2. The van der Waals surface area contributed by atoms with Gasteiger partial charge >= 0.3 is 0 Å². The molecule has 0 aliphatic heterocycles. The van der Waals surface area contributed by atoms with Crippen LogP contribution in [0.2, 0.25) is 0 Å². The van der Waals surface area contributed by atoms with Crippen LogP contribution in [0, 0.1) is 10.1 Å². The number of methoxy groups -OCH3 is 2. The van der Waals surface area contributed by atoms with Crippen LogP contribution in [0.4, 0.5) is 5.69 Å². The zero-order valence-corrected chi connectivity index (χ0v) is 16.2. The molecule has 7 nitrogen and oxygen atoms in total. The van der Waals surface area contributed by atoms with Crippen LogP contribution in [0.3, 0.4) is 0 Å². The van der Waals surface area contributed by atoms with E-state index in [1.54, 1.807) is 26.4 Å². The predicted octanol–water partition coefficient (Wildman–Crippen LogP) is 3.68. The summed E-state index contributed by atoms with van der Waals surface area (Å²) < 4.78 is 17.2. The van der Waals surface area contributed by atoms with E-state index in [0.29, 0.717) is 24.7 Å². The van der Waals surface area contributed by atoms with Crippen molar-refractivity contribution >= 4 is 21.6 Å². The van der Waals surface area contributed by atoms with E-state index in [1.807, 2.05) is 12.1 Å². The Morgan fingerprint density at radius 2 is 1.88 bits per heavy atom. The lowest BCUT2D eigenvalue weighted by atomic mass is 10.2. The highest BCUT2D eigenvalue weighted by Gasteiger charge is 2.11. The van der Waals surface area contributed by atoms with E-state index < -0.39 is 4.92 Å². The van der Waals surface area contributed by atoms with Gasteiger partial charge in [-0.3, -0.25) is 10.1 Å². The quantitative estimate of drug-likeness (QED) is 0.355. The third-order valence-electron chi connectivity index (χ3n) is 3.67. The summed E-state index contributed by atoms with van der Waals surface area (Å²) in [5.74, 6) is 1.22. The van der Waals surface area contributed by atoms with Crippen molar-refractivity contribution < 1.29 is 19.1 Å². The van der Waals surface area contributed by atoms with Gasteiger partial charge in [-0.05, 0) is 35.4 Å². The van der Waals surface area contributed by atoms with Gasteiger partial charge < -0.3 is 19.5 Å². The molecule has 0 heterocycles. The van der Waals surface area contributed by atoms with Crippen molar-refractivity contribution in [3.63, 3.8) is 0 Å². The first-order valence-corrected chi connectivity index (χ1v) is 8.76. The van der Waals surface area contributed by atoms with E-state index in [9.17, 15) is 10.1 Å². The van der Waals surface area contributed by atoms with E-state index in [0.717, 1.165) is 22.1 Å². The Morgan fingerprint density at radius 3 is 2.50 bits per heavy atom. The number of nitrogens with zero attached hydrogens (tertiary/aromatic N) is 1. The van der Waals surface area contributed by atoms with Crippen molar-refractivity contribution in [1.29, 1.82) is 0 Å². The van der Waals surface area contributed by atoms with Gasteiger partial charge in [-0.2, -0.15) is 0 Å². The van der Waals surface area contributed by atoms with Crippen LogP contribution in [0.25, 0.3) is 0 Å². The lowest BCUT2D eigenvalue weighted by Gasteiger charge is -2.14. The van der Waals surface area contributed by atoms with Gasteiger partial charge in [0, 0.05) is 36.8 Å². The molecule has 8 heteroatoms. The Kier molecular flexibility index (Phi) is 7.83. The van der Waals surface area contributed by atoms with Crippen LogP contribution in [0.1, 0.15) is 11.1 Å². The van der Waals surface area contributed by atoms with E-state index in [-0.39, 0.29) is 12.3 Å². The molecule has 0 atom stereocenters. The van der Waals surface area contributed by atoms with Gasteiger partial charge in [0.15, 0.2) is 11.5 Å². The highest BCUT2D eigenvalue weighted by atomic mass is 79.9. The third kappa shape index (κ3) is 5.69. The smallest absolute Gasteiger partial charge is 0.269 e. The molecular formula is C18H21BrN2O5. The number of ether oxygens (including phenoxy) is 3. The van der Waals surface area contributed by atoms with Crippen molar-refractivity contribution in [1.82, 2.24) is 5.32 Å². The fourth-order valence-electron chi connectivity index (χ4n) is 2.26. The summed E-state index contributed by atoms with van der Waals surface area (Å²) in [6.07, 6.45) is 0. The molecule has 2 rings (SSSR count). The summed E-state index contributed by atoms with van der Waals surface area (Å²) in [6.45, 7) is 2.35. The van der Waals surface area contributed by atoms with E-state index in [4.69, 9.17) is 14.2 Å². The summed E-state index contributed by atoms with van der Waals surface area (Å²) >= 11 is 3.55. The molecule has 0 amide bonds. The maximum absolute atomic E-state index is 10.7. The highest BCUT2D eigenvalue weighted by Crippen LogP contribution is 2.34. The first-order chi connectivity index (χ1) is 12.5. The minimum absolute atomic E-state index is 0.0550. The molecule has 2 aromatic rings. The molecule has 0 unspecified atom stereocenters. The second kappa shape index (κ2) is 10.1. The monoisotopic (exact) mass is 424 g/mol. The van der Waals surface area contributed by atoms with E-state index in [2.05, 4.69) is 21.2 Å². The zero-order chi connectivity index (χ0) is 18.9. The number of halogens is 1. The van der Waals surface area contributed by atoms with Crippen LogP contribution in [0.15, 0.2) is 40.9 Å². The van der Waals surface area contributed by atoms with Crippen molar-refractivity contribution in [2.24, 2.45) is 0 Å². The molecule has 0 bridgehead atoms. The van der Waals surface area contributed by atoms with Crippen LogP contribution < -0.4 is 14.8 Å². The standard InChI is InChI=1S/C18H21BrN2O5/c1-24-8-7-20-11-14-9-17(25-2)18(10-16(14)19)26-12-13-3-5-15(6-4-13)21(22)23/h3-6,9-10,20H,7-8,11-12H2,1-2H3. The molecule has 0 radical (unpaired) electrons. The van der Waals surface area contributed by atoms with Gasteiger partial charge in [-0.15, -0.1) is 0 Å². The number of benzene rings is 2. The highest BCUT2D eigenvalue weighted by molar-refractivity contribution is 9.10. The molecule has 0 aliphatic rings. The molecule has 140 valence electrons. The summed E-state index contributed by atoms with van der Waals surface area (Å²) in [5.41, 5.74) is 1.93. The van der Waals surface area contributed by atoms with Crippen LogP contribution in [-0.2, 0) is 17.9 Å². The molecule has 26 heavy (non-hydrogen) atoms. The molecule has 0 fully saturated rings. The Balaban J connectivity index is 2.04. The van der Waals surface area contributed by atoms with Gasteiger partial charge in [0.2, 0.25) is 0 Å². The topological polar surface area (TPSA) is 82.9 Å². The summed E-state index contributed by atoms with van der Waals surface area (Å²) in [5, 5.41) is 14.0. The molecule has 2 aromatic carbocycles. The van der Waals surface area contributed by atoms with Gasteiger partial charge in [0.25, 0.3) is 5.69 Å². The van der Waals surface area contributed by atoms with Crippen LogP contribution in [0.5, 0.6) is 11.5 Å². The number of rotatable bonds is 10. The van der Waals surface area contributed by atoms with Crippen LogP contribution in [-0.4, -0.2) is 32.3 Å². The Hall–Kier alpha value is -2.16. The first-order valence-electron chi connectivity index (χ1n) is 7.97. The van der Waals surface area contributed by atoms with Crippen molar-refractivity contribution in [2.75, 3.05) is 27.4 Å². The molecule has 0 saturated heterocycles. The van der Waals surface area contributed by atoms with Crippen molar-refractivity contribution in [2.45, 2.75) is 13.2 Å². The molecule has 0 aliphatic carbocycles. The van der Waals surface area contributed by atoms with Crippen molar-refractivity contribution in [3.8, 4) is 11.5 Å². The zero-order valence-electron chi connectivity index (χ0n) is 14.7. The Bertz CT molecular complexity index is 737. The van der Waals surface area contributed by atoms with Gasteiger partial charge in [-0.25, -0.2) is 0 Å². The minimum Gasteiger partial charge on any atom is -0.493 e. The van der Waals surface area contributed by atoms with Gasteiger partial charge in [0.1, 0.15) is 6.61 Å². The number of hydrogen-bond acceptors (Lipinski definition) is 6. The Labute approximate surface area is 160 Å². The molecule has 0 saturated carbocycles. The molecular weight excluding hydrogens is 404 g/mol. The number of nitro benzene ring substituents is 1.